The minimum Gasteiger partial charge on any atom is -0.383 e. The third-order valence-corrected chi connectivity index (χ3v) is 3.80. The Labute approximate surface area is 118 Å². The molecular formula is C12H19N3O4S. The maximum absolute atomic E-state index is 11.6. The van der Waals surface area contributed by atoms with Crippen LogP contribution in [0.2, 0.25) is 0 Å². The number of methoxy groups -OCH3 is 1. The maximum Gasteiger partial charge on any atom is 0.243 e. The maximum atomic E-state index is 11.6. The number of rotatable bonds is 7. The molecule has 8 heteroatoms. The molecule has 1 rings (SSSR count). The highest BCUT2D eigenvalue weighted by Gasteiger charge is 2.13. The Bertz CT molecular complexity index is 542. The predicted molar refractivity (Wildman–Crippen MR) is 78.0 cm³/mol. The molecule has 0 heterocycles. The number of anilines is 2. The first-order valence-corrected chi connectivity index (χ1v) is 7.69. The van der Waals surface area contributed by atoms with Gasteiger partial charge < -0.3 is 15.8 Å². The van der Waals surface area contributed by atoms with Crippen molar-refractivity contribution in [3.05, 3.63) is 24.3 Å². The molecule has 0 aromatic heterocycles. The Morgan fingerprint density at radius 1 is 1.30 bits per heavy atom. The summed E-state index contributed by atoms with van der Waals surface area (Å²) in [5.74, 6) is -0.370. The molecular weight excluding hydrogens is 282 g/mol. The van der Waals surface area contributed by atoms with Crippen LogP contribution in [0.1, 0.15) is 6.92 Å². The number of carbonyl (C=O) groups is 1. The van der Waals surface area contributed by atoms with Crippen molar-refractivity contribution >= 4 is 27.3 Å². The number of hydrogen-bond donors (Lipinski definition) is 3. The summed E-state index contributed by atoms with van der Waals surface area (Å²) in [6.07, 6.45) is 0. The SMILES string of the molecule is CCS(=O)(=O)Nc1ccc(NC(=O)C(N)COC)cc1. The van der Waals surface area contributed by atoms with Crippen LogP contribution in [0.15, 0.2) is 24.3 Å². The zero-order chi connectivity index (χ0) is 15.2. The van der Waals surface area contributed by atoms with Crippen molar-refractivity contribution in [2.75, 3.05) is 29.5 Å². The van der Waals surface area contributed by atoms with Crippen LogP contribution < -0.4 is 15.8 Å². The molecule has 112 valence electrons. The molecule has 0 saturated heterocycles. The monoisotopic (exact) mass is 301 g/mol. The summed E-state index contributed by atoms with van der Waals surface area (Å²) in [5, 5.41) is 2.61. The van der Waals surface area contributed by atoms with Crippen LogP contribution in [0.4, 0.5) is 11.4 Å². The fourth-order valence-electron chi connectivity index (χ4n) is 1.36. The molecule has 0 saturated carbocycles. The minimum atomic E-state index is -3.30. The lowest BCUT2D eigenvalue weighted by Gasteiger charge is -2.12. The van der Waals surface area contributed by atoms with Crippen molar-refractivity contribution < 1.29 is 17.9 Å². The van der Waals surface area contributed by atoms with Gasteiger partial charge in [0.25, 0.3) is 0 Å². The van der Waals surface area contributed by atoms with E-state index >= 15 is 0 Å². The van der Waals surface area contributed by atoms with Crippen LogP contribution in [0.3, 0.4) is 0 Å². The lowest BCUT2D eigenvalue weighted by atomic mass is 10.2. The Morgan fingerprint density at radius 3 is 2.35 bits per heavy atom. The number of nitrogens with two attached hydrogens (primary N) is 1. The minimum absolute atomic E-state index is 0.00262. The van der Waals surface area contributed by atoms with E-state index in [1.54, 1.807) is 31.2 Å². The van der Waals surface area contributed by atoms with Gasteiger partial charge in [-0.05, 0) is 31.2 Å². The van der Waals surface area contributed by atoms with E-state index in [0.29, 0.717) is 11.4 Å². The van der Waals surface area contributed by atoms with E-state index in [0.717, 1.165) is 0 Å². The van der Waals surface area contributed by atoms with E-state index in [1.165, 1.54) is 7.11 Å². The van der Waals surface area contributed by atoms with Gasteiger partial charge in [-0.1, -0.05) is 0 Å². The highest BCUT2D eigenvalue weighted by molar-refractivity contribution is 7.92. The first kappa shape index (κ1) is 16.4. The van der Waals surface area contributed by atoms with Crippen molar-refractivity contribution in [1.82, 2.24) is 0 Å². The first-order chi connectivity index (χ1) is 9.38. The van der Waals surface area contributed by atoms with Gasteiger partial charge in [-0.15, -0.1) is 0 Å². The van der Waals surface area contributed by atoms with Crippen molar-refractivity contribution in [3.63, 3.8) is 0 Å². The van der Waals surface area contributed by atoms with Gasteiger partial charge in [0.2, 0.25) is 15.9 Å². The van der Waals surface area contributed by atoms with Gasteiger partial charge in [0.15, 0.2) is 0 Å². The van der Waals surface area contributed by atoms with E-state index in [9.17, 15) is 13.2 Å². The van der Waals surface area contributed by atoms with E-state index in [-0.39, 0.29) is 18.3 Å². The third-order valence-electron chi connectivity index (χ3n) is 2.49. The average Bonchev–Trinajstić information content (AvgIpc) is 2.41. The van der Waals surface area contributed by atoms with Crippen LogP contribution >= 0.6 is 0 Å². The van der Waals surface area contributed by atoms with Gasteiger partial charge in [0.05, 0.1) is 12.4 Å². The number of ether oxygens (including phenoxy) is 1. The molecule has 1 unspecified atom stereocenters. The molecule has 0 aliphatic heterocycles. The van der Waals surface area contributed by atoms with Crippen LogP contribution in [0, 0.1) is 0 Å². The molecule has 0 aliphatic carbocycles. The smallest absolute Gasteiger partial charge is 0.243 e. The standard InChI is InChI=1S/C12H19N3O4S/c1-3-20(17,18)15-10-6-4-9(5-7-10)14-12(16)11(13)8-19-2/h4-7,11,15H,3,8,13H2,1-2H3,(H,14,16). The van der Waals surface area contributed by atoms with Crippen molar-refractivity contribution in [3.8, 4) is 0 Å². The molecule has 0 spiro atoms. The summed E-state index contributed by atoms with van der Waals surface area (Å²) < 4.78 is 30.0. The second kappa shape index (κ2) is 7.22. The van der Waals surface area contributed by atoms with Crippen LogP contribution in [0.5, 0.6) is 0 Å². The molecule has 20 heavy (non-hydrogen) atoms. The second-order valence-corrected chi connectivity index (χ2v) is 6.14. The molecule has 1 aromatic rings. The van der Waals surface area contributed by atoms with E-state index in [1.807, 2.05) is 0 Å². The van der Waals surface area contributed by atoms with Crippen LogP contribution in [0.25, 0.3) is 0 Å². The van der Waals surface area contributed by atoms with Crippen LogP contribution in [-0.2, 0) is 19.6 Å². The average molecular weight is 301 g/mol. The summed E-state index contributed by atoms with van der Waals surface area (Å²) in [6.45, 7) is 1.67. The highest BCUT2D eigenvalue weighted by atomic mass is 32.2. The fraction of sp³-hybridized carbons (Fsp3) is 0.417. The summed E-state index contributed by atoms with van der Waals surface area (Å²) in [5.41, 5.74) is 6.54. The largest absolute Gasteiger partial charge is 0.383 e. The lowest BCUT2D eigenvalue weighted by molar-refractivity contribution is -0.118. The zero-order valence-electron chi connectivity index (χ0n) is 11.4. The van der Waals surface area contributed by atoms with Crippen molar-refractivity contribution in [2.45, 2.75) is 13.0 Å². The van der Waals surface area contributed by atoms with E-state index < -0.39 is 16.1 Å². The molecule has 1 amide bonds. The Morgan fingerprint density at radius 2 is 1.85 bits per heavy atom. The Kier molecular flexibility index (Phi) is 5.93. The summed E-state index contributed by atoms with van der Waals surface area (Å²) in [6, 6.07) is 5.55. The number of carbonyl (C=O) groups excluding carboxylic acids is 1. The van der Waals surface area contributed by atoms with Gasteiger partial charge >= 0.3 is 0 Å². The highest BCUT2D eigenvalue weighted by Crippen LogP contribution is 2.15. The molecule has 0 bridgehead atoms. The number of amides is 1. The molecule has 1 atom stereocenters. The van der Waals surface area contributed by atoms with Crippen LogP contribution in [-0.4, -0.2) is 39.8 Å². The number of sulfonamides is 1. The molecule has 7 nitrogen and oxygen atoms in total. The van der Waals surface area contributed by atoms with Gasteiger partial charge in [0, 0.05) is 18.5 Å². The number of nitrogens with one attached hydrogen (secondary N) is 2. The van der Waals surface area contributed by atoms with Gasteiger partial charge in [0.1, 0.15) is 6.04 Å². The first-order valence-electron chi connectivity index (χ1n) is 6.04. The van der Waals surface area contributed by atoms with E-state index in [2.05, 4.69) is 10.0 Å². The summed E-state index contributed by atoms with van der Waals surface area (Å²) in [4.78, 5) is 11.6. The molecule has 0 aliphatic rings. The van der Waals surface area contributed by atoms with Crippen molar-refractivity contribution in [1.29, 1.82) is 0 Å². The topological polar surface area (TPSA) is 111 Å². The van der Waals surface area contributed by atoms with Crippen molar-refractivity contribution in [2.24, 2.45) is 5.73 Å². The zero-order valence-corrected chi connectivity index (χ0v) is 12.2. The molecule has 0 fully saturated rings. The molecule has 0 radical (unpaired) electrons. The summed E-state index contributed by atoms with van der Waals surface area (Å²) in [7, 11) is -1.84. The quantitative estimate of drug-likeness (QED) is 0.673. The van der Waals surface area contributed by atoms with Gasteiger partial charge in [-0.2, -0.15) is 0 Å². The number of benzene rings is 1. The Balaban J connectivity index is 2.65. The second-order valence-electron chi connectivity index (χ2n) is 4.13. The lowest BCUT2D eigenvalue weighted by Crippen LogP contribution is -2.39. The fourth-order valence-corrected chi connectivity index (χ4v) is 2.00. The van der Waals surface area contributed by atoms with Gasteiger partial charge in [-0.3, -0.25) is 9.52 Å². The molecule has 4 N–H and O–H groups in total. The normalized spacial score (nSPS) is 12.8. The van der Waals surface area contributed by atoms with E-state index in [4.69, 9.17) is 10.5 Å². The predicted octanol–water partition coefficient (Wildman–Crippen LogP) is 0.360. The Hall–Kier alpha value is -1.64. The summed E-state index contributed by atoms with van der Waals surface area (Å²) >= 11 is 0. The number of hydrogen-bond acceptors (Lipinski definition) is 5. The molecule has 1 aromatic carbocycles. The van der Waals surface area contributed by atoms with Gasteiger partial charge in [-0.25, -0.2) is 8.42 Å². The third kappa shape index (κ3) is 5.16.